The Kier molecular flexibility index (Phi) is 4.59. The van der Waals surface area contributed by atoms with Gasteiger partial charge in [-0.15, -0.1) is 0 Å². The summed E-state index contributed by atoms with van der Waals surface area (Å²) < 4.78 is 0. The summed E-state index contributed by atoms with van der Waals surface area (Å²) in [7, 11) is 0. The molecule has 1 heterocycles. The van der Waals surface area contributed by atoms with E-state index in [0.29, 0.717) is 36.1 Å². The van der Waals surface area contributed by atoms with Crippen LogP contribution in [0.15, 0.2) is 42.5 Å². The van der Waals surface area contributed by atoms with Crippen molar-refractivity contribution < 1.29 is 9.90 Å². The highest BCUT2D eigenvalue weighted by molar-refractivity contribution is 6.36. The smallest absolute Gasteiger partial charge is 0.317 e. The van der Waals surface area contributed by atoms with Gasteiger partial charge in [-0.25, -0.2) is 4.79 Å². The summed E-state index contributed by atoms with van der Waals surface area (Å²) in [6.07, 6.45) is 1.48. The van der Waals surface area contributed by atoms with E-state index in [1.165, 1.54) is 0 Å². The van der Waals surface area contributed by atoms with Crippen molar-refractivity contribution in [3.05, 3.63) is 58.1 Å². The number of rotatable bonds is 3. The van der Waals surface area contributed by atoms with Gasteiger partial charge in [0, 0.05) is 41.2 Å². The Morgan fingerprint density at radius 1 is 1.23 bits per heavy atom. The third-order valence-electron chi connectivity index (χ3n) is 5.41. The average molecular weight is 391 g/mol. The second kappa shape index (κ2) is 6.76. The Bertz CT molecular complexity index is 857. The van der Waals surface area contributed by atoms with Gasteiger partial charge in [-0.3, -0.25) is 0 Å². The van der Waals surface area contributed by atoms with Crippen LogP contribution in [0, 0.1) is 5.92 Å². The van der Waals surface area contributed by atoms with Gasteiger partial charge in [-0.05, 0) is 36.1 Å². The van der Waals surface area contributed by atoms with Crippen LogP contribution >= 0.6 is 23.2 Å². The highest BCUT2D eigenvalue weighted by Crippen LogP contribution is 2.49. The summed E-state index contributed by atoms with van der Waals surface area (Å²) in [5.74, 6) is 0.238. The first kappa shape index (κ1) is 17.7. The predicted molar refractivity (Wildman–Crippen MR) is 103 cm³/mol. The number of halogens is 2. The molecule has 0 radical (unpaired) electrons. The number of nitrogens with zero attached hydrogens (tertiary/aromatic N) is 1. The molecule has 136 valence electrons. The van der Waals surface area contributed by atoms with Crippen LogP contribution in [0.4, 0.5) is 4.79 Å². The molecule has 2 aliphatic rings. The first-order valence-electron chi connectivity index (χ1n) is 8.75. The molecule has 0 spiro atoms. The summed E-state index contributed by atoms with van der Waals surface area (Å²) in [5.41, 5.74) is 2.35. The number of fused-ring (bicyclic) bond motifs is 1. The highest BCUT2D eigenvalue weighted by atomic mass is 35.5. The Morgan fingerprint density at radius 2 is 2.04 bits per heavy atom. The van der Waals surface area contributed by atoms with E-state index in [0.717, 1.165) is 23.1 Å². The molecule has 2 N–H and O–H groups in total. The molecule has 2 atom stereocenters. The largest absolute Gasteiger partial charge is 0.389 e. The molecule has 4 rings (SSSR count). The monoisotopic (exact) mass is 390 g/mol. The third kappa shape index (κ3) is 3.41. The van der Waals surface area contributed by atoms with Gasteiger partial charge in [0.1, 0.15) is 0 Å². The lowest BCUT2D eigenvalue weighted by atomic mass is 9.99. The van der Waals surface area contributed by atoms with Crippen LogP contribution in [0.2, 0.25) is 10.0 Å². The second-order valence-corrected chi connectivity index (χ2v) is 7.98. The van der Waals surface area contributed by atoms with Crippen molar-refractivity contribution >= 4 is 29.2 Å². The zero-order valence-electron chi connectivity index (χ0n) is 14.2. The molecule has 1 saturated heterocycles. The molecular weight excluding hydrogens is 371 g/mol. The van der Waals surface area contributed by atoms with Crippen LogP contribution in [0.25, 0.3) is 11.1 Å². The molecule has 2 fully saturated rings. The lowest BCUT2D eigenvalue weighted by Gasteiger charge is -2.29. The van der Waals surface area contributed by atoms with Crippen molar-refractivity contribution in [2.45, 2.75) is 25.0 Å². The number of piperidine rings is 1. The maximum Gasteiger partial charge on any atom is 0.317 e. The maximum atomic E-state index is 12.5. The number of benzene rings is 2. The van der Waals surface area contributed by atoms with E-state index in [-0.39, 0.29) is 11.9 Å². The van der Waals surface area contributed by atoms with E-state index in [4.69, 9.17) is 23.2 Å². The quantitative estimate of drug-likeness (QED) is 0.819. The summed E-state index contributed by atoms with van der Waals surface area (Å²) in [4.78, 5) is 14.3. The zero-order chi connectivity index (χ0) is 18.3. The van der Waals surface area contributed by atoms with E-state index >= 15 is 0 Å². The number of amides is 2. The Hall–Kier alpha value is -1.75. The molecule has 6 heteroatoms. The first-order chi connectivity index (χ1) is 12.5. The fourth-order valence-electron chi connectivity index (χ4n) is 3.71. The zero-order valence-corrected chi connectivity index (χ0v) is 15.7. The second-order valence-electron chi connectivity index (χ2n) is 7.14. The maximum absolute atomic E-state index is 12.5. The van der Waals surface area contributed by atoms with Gasteiger partial charge in [0.05, 0.1) is 5.60 Å². The SMILES string of the molecule is O=C(NCc1ccccc1-c1ccc(Cl)cc1Cl)N1CC[C@@]2(O)C[C@H]2C1. The summed E-state index contributed by atoms with van der Waals surface area (Å²) in [6.45, 7) is 1.65. The number of likely N-dealkylation sites (tertiary alicyclic amines) is 1. The molecule has 2 aromatic rings. The van der Waals surface area contributed by atoms with Crippen molar-refractivity contribution in [2.24, 2.45) is 5.92 Å². The van der Waals surface area contributed by atoms with E-state index < -0.39 is 5.60 Å². The normalized spacial score (nSPS) is 24.1. The van der Waals surface area contributed by atoms with Crippen molar-refractivity contribution in [3.8, 4) is 11.1 Å². The number of hydrogen-bond donors (Lipinski definition) is 2. The summed E-state index contributed by atoms with van der Waals surface area (Å²) >= 11 is 12.3. The average Bonchev–Trinajstić information content (AvgIpc) is 3.30. The number of nitrogens with one attached hydrogen (secondary N) is 1. The molecule has 2 amide bonds. The van der Waals surface area contributed by atoms with Crippen molar-refractivity contribution in [1.29, 1.82) is 0 Å². The molecule has 0 unspecified atom stereocenters. The predicted octanol–water partition coefficient (Wildman–Crippen LogP) is 4.33. The van der Waals surface area contributed by atoms with Gasteiger partial charge < -0.3 is 15.3 Å². The lowest BCUT2D eigenvalue weighted by Crippen LogP contribution is -2.46. The van der Waals surface area contributed by atoms with Crippen molar-refractivity contribution in [2.75, 3.05) is 13.1 Å². The van der Waals surface area contributed by atoms with Crippen molar-refractivity contribution in [1.82, 2.24) is 10.2 Å². The molecule has 0 bridgehead atoms. The van der Waals surface area contributed by atoms with Crippen LogP contribution in [0.5, 0.6) is 0 Å². The van der Waals surface area contributed by atoms with Gasteiger partial charge >= 0.3 is 6.03 Å². The van der Waals surface area contributed by atoms with Crippen LogP contribution in [-0.2, 0) is 6.54 Å². The number of hydrogen-bond acceptors (Lipinski definition) is 2. The number of carbonyl (C=O) groups is 1. The summed E-state index contributed by atoms with van der Waals surface area (Å²) in [6, 6.07) is 13.2. The Morgan fingerprint density at radius 3 is 2.81 bits per heavy atom. The Balaban J connectivity index is 1.46. The fourth-order valence-corrected chi connectivity index (χ4v) is 4.22. The fraction of sp³-hybridized carbons (Fsp3) is 0.350. The molecular formula is C20H20Cl2N2O2. The molecule has 1 aliphatic heterocycles. The molecule has 0 aromatic heterocycles. The van der Waals surface area contributed by atoms with E-state index in [1.54, 1.807) is 11.0 Å². The Labute approximate surface area is 162 Å². The molecule has 1 saturated carbocycles. The van der Waals surface area contributed by atoms with Gasteiger partial charge in [-0.1, -0.05) is 53.5 Å². The molecule has 4 nitrogen and oxygen atoms in total. The topological polar surface area (TPSA) is 52.6 Å². The number of aliphatic hydroxyl groups is 1. The van der Waals surface area contributed by atoms with Crippen molar-refractivity contribution in [3.63, 3.8) is 0 Å². The van der Waals surface area contributed by atoms with Gasteiger partial charge in [-0.2, -0.15) is 0 Å². The van der Waals surface area contributed by atoms with E-state index in [1.807, 2.05) is 36.4 Å². The molecule has 26 heavy (non-hydrogen) atoms. The van der Waals surface area contributed by atoms with Crippen LogP contribution in [0.3, 0.4) is 0 Å². The minimum absolute atomic E-state index is 0.0871. The van der Waals surface area contributed by atoms with Gasteiger partial charge in [0.25, 0.3) is 0 Å². The number of urea groups is 1. The van der Waals surface area contributed by atoms with Gasteiger partial charge in [0.2, 0.25) is 0 Å². The van der Waals surface area contributed by atoms with Crippen LogP contribution < -0.4 is 5.32 Å². The minimum Gasteiger partial charge on any atom is -0.389 e. The highest BCUT2D eigenvalue weighted by Gasteiger charge is 2.56. The molecule has 2 aromatic carbocycles. The summed E-state index contributed by atoms with van der Waals surface area (Å²) in [5, 5.41) is 14.3. The van der Waals surface area contributed by atoms with E-state index in [2.05, 4.69) is 5.32 Å². The lowest BCUT2D eigenvalue weighted by molar-refractivity contribution is 0.0748. The van der Waals surface area contributed by atoms with Gasteiger partial charge in [0.15, 0.2) is 0 Å². The van der Waals surface area contributed by atoms with Crippen LogP contribution in [-0.4, -0.2) is 34.7 Å². The minimum atomic E-state index is -0.505. The standard InChI is InChI=1S/C20H20Cl2N2O2/c21-15-5-6-17(18(22)9-15)16-4-2-1-3-13(16)11-23-19(25)24-8-7-20(26)10-14(20)12-24/h1-6,9,14,26H,7-8,10-12H2,(H,23,25)/t14-,20+/m0/s1. The molecule has 1 aliphatic carbocycles. The first-order valence-corrected chi connectivity index (χ1v) is 9.50. The third-order valence-corrected chi connectivity index (χ3v) is 5.96. The number of carbonyl (C=O) groups excluding carboxylic acids is 1. The van der Waals surface area contributed by atoms with Crippen LogP contribution in [0.1, 0.15) is 18.4 Å². The van der Waals surface area contributed by atoms with E-state index in [9.17, 15) is 9.90 Å².